The highest BCUT2D eigenvalue weighted by atomic mass is 79.9. The van der Waals surface area contributed by atoms with E-state index in [1.165, 1.54) is 9.80 Å². The normalized spacial score (nSPS) is 10.2. The minimum absolute atomic E-state index is 0.0419. The fourth-order valence-corrected chi connectivity index (χ4v) is 2.62. The number of likely N-dealkylation sites (N-methyl/N-ethyl adjacent to an activating group) is 2. The first-order chi connectivity index (χ1) is 12.3. The molecule has 1 N–H and O–H groups in total. The van der Waals surface area contributed by atoms with Crippen LogP contribution in [0.5, 0.6) is 0 Å². The first-order valence-corrected chi connectivity index (χ1v) is 8.70. The second kappa shape index (κ2) is 8.62. The Morgan fingerprint density at radius 2 is 1.69 bits per heavy atom. The van der Waals surface area contributed by atoms with Crippen LogP contribution in [-0.2, 0) is 4.79 Å². The van der Waals surface area contributed by atoms with Gasteiger partial charge in [0.05, 0.1) is 17.8 Å². The summed E-state index contributed by atoms with van der Waals surface area (Å²) in [4.78, 5) is 39.7. The number of anilines is 1. The summed E-state index contributed by atoms with van der Waals surface area (Å²) in [6.45, 7) is -0.0419. The topological polar surface area (TPSA) is 69.7 Å². The van der Waals surface area contributed by atoms with Crippen molar-refractivity contribution in [1.82, 2.24) is 9.80 Å². The Morgan fingerprint density at radius 1 is 1.00 bits per heavy atom. The summed E-state index contributed by atoms with van der Waals surface area (Å²) >= 11 is 3.33. The molecule has 0 bridgehead atoms. The highest BCUT2D eigenvalue weighted by Crippen LogP contribution is 2.19. The average Bonchev–Trinajstić information content (AvgIpc) is 2.61. The summed E-state index contributed by atoms with van der Waals surface area (Å²) in [7, 11) is 4.82. The van der Waals surface area contributed by atoms with Gasteiger partial charge in [-0.15, -0.1) is 0 Å². The third kappa shape index (κ3) is 4.92. The lowest BCUT2D eigenvalue weighted by atomic mass is 10.1. The molecule has 2 aromatic carbocycles. The summed E-state index contributed by atoms with van der Waals surface area (Å²) in [5.41, 5.74) is 1.19. The van der Waals surface area contributed by atoms with Crippen LogP contribution in [-0.4, -0.2) is 55.2 Å². The molecule has 0 aliphatic heterocycles. The lowest BCUT2D eigenvalue weighted by Crippen LogP contribution is -2.38. The van der Waals surface area contributed by atoms with Gasteiger partial charge >= 0.3 is 0 Å². The number of hydrogen-bond acceptors (Lipinski definition) is 3. The van der Waals surface area contributed by atoms with E-state index in [1.807, 2.05) is 6.07 Å². The van der Waals surface area contributed by atoms with E-state index < -0.39 is 0 Å². The van der Waals surface area contributed by atoms with Gasteiger partial charge in [-0.3, -0.25) is 14.4 Å². The van der Waals surface area contributed by atoms with Crippen LogP contribution >= 0.6 is 15.9 Å². The monoisotopic (exact) mass is 417 g/mol. The van der Waals surface area contributed by atoms with E-state index in [1.54, 1.807) is 63.6 Å². The summed E-state index contributed by atoms with van der Waals surface area (Å²) in [5.74, 6) is -0.847. The molecule has 0 radical (unpaired) electrons. The molecule has 26 heavy (non-hydrogen) atoms. The molecule has 2 rings (SSSR count). The van der Waals surface area contributed by atoms with Crippen LogP contribution < -0.4 is 5.32 Å². The van der Waals surface area contributed by atoms with Crippen LogP contribution in [0.2, 0.25) is 0 Å². The molecule has 0 aliphatic carbocycles. The van der Waals surface area contributed by atoms with Crippen LogP contribution in [0.1, 0.15) is 20.7 Å². The first kappa shape index (κ1) is 19.7. The zero-order valence-electron chi connectivity index (χ0n) is 14.8. The van der Waals surface area contributed by atoms with Crippen molar-refractivity contribution in [3.63, 3.8) is 0 Å². The van der Waals surface area contributed by atoms with E-state index in [0.717, 1.165) is 4.47 Å². The molecule has 136 valence electrons. The molecular weight excluding hydrogens is 398 g/mol. The number of halogens is 1. The maximum Gasteiger partial charge on any atom is 0.256 e. The molecule has 0 spiro atoms. The standard InChI is InChI=1S/C19H20BrN3O3/c1-22(2)17(24)12-23(3)19(26)15-9-4-5-10-16(15)21-18(25)13-7-6-8-14(20)11-13/h4-11H,12H2,1-3H3,(H,21,25). The van der Waals surface area contributed by atoms with Gasteiger partial charge in [-0.25, -0.2) is 0 Å². The van der Waals surface area contributed by atoms with Crippen LogP contribution in [0.15, 0.2) is 53.0 Å². The van der Waals surface area contributed by atoms with Crippen LogP contribution in [0.3, 0.4) is 0 Å². The van der Waals surface area contributed by atoms with E-state index in [0.29, 0.717) is 16.8 Å². The lowest BCUT2D eigenvalue weighted by molar-refractivity contribution is -0.129. The quantitative estimate of drug-likeness (QED) is 0.812. The van der Waals surface area contributed by atoms with Gasteiger partial charge in [-0.05, 0) is 30.3 Å². The van der Waals surface area contributed by atoms with Gasteiger partial charge in [0.25, 0.3) is 11.8 Å². The molecule has 3 amide bonds. The number of amides is 3. The molecule has 0 heterocycles. The Hall–Kier alpha value is -2.67. The molecule has 0 atom stereocenters. The number of nitrogens with one attached hydrogen (secondary N) is 1. The molecule has 0 unspecified atom stereocenters. The number of hydrogen-bond donors (Lipinski definition) is 1. The Kier molecular flexibility index (Phi) is 6.52. The van der Waals surface area contributed by atoms with Crippen molar-refractivity contribution in [3.05, 3.63) is 64.1 Å². The fourth-order valence-electron chi connectivity index (χ4n) is 2.22. The molecular formula is C19H20BrN3O3. The Morgan fingerprint density at radius 3 is 2.35 bits per heavy atom. The zero-order chi connectivity index (χ0) is 19.3. The van der Waals surface area contributed by atoms with Crippen molar-refractivity contribution in [1.29, 1.82) is 0 Å². The molecule has 0 aromatic heterocycles. The Labute approximate surface area is 160 Å². The van der Waals surface area contributed by atoms with E-state index in [-0.39, 0.29) is 24.3 Å². The molecule has 6 nitrogen and oxygen atoms in total. The molecule has 0 fully saturated rings. The van der Waals surface area contributed by atoms with E-state index >= 15 is 0 Å². The summed E-state index contributed by atoms with van der Waals surface area (Å²) in [5, 5.41) is 2.76. The largest absolute Gasteiger partial charge is 0.347 e. The Balaban J connectivity index is 2.20. The third-order valence-electron chi connectivity index (χ3n) is 3.71. The number of benzene rings is 2. The second-order valence-corrected chi connectivity index (χ2v) is 6.88. The van der Waals surface area contributed by atoms with Gasteiger partial charge in [-0.2, -0.15) is 0 Å². The highest BCUT2D eigenvalue weighted by Gasteiger charge is 2.19. The molecule has 0 saturated carbocycles. The van der Waals surface area contributed by atoms with Gasteiger partial charge in [-0.1, -0.05) is 34.1 Å². The van der Waals surface area contributed by atoms with Gasteiger partial charge in [0, 0.05) is 31.2 Å². The number of carbonyl (C=O) groups excluding carboxylic acids is 3. The van der Waals surface area contributed by atoms with Gasteiger partial charge < -0.3 is 15.1 Å². The van der Waals surface area contributed by atoms with Gasteiger partial charge in [0.1, 0.15) is 0 Å². The van der Waals surface area contributed by atoms with Crippen LogP contribution in [0.25, 0.3) is 0 Å². The zero-order valence-corrected chi connectivity index (χ0v) is 16.4. The van der Waals surface area contributed by atoms with Crippen molar-refractivity contribution in [2.24, 2.45) is 0 Å². The molecule has 0 aliphatic rings. The SMILES string of the molecule is CN(C)C(=O)CN(C)C(=O)c1ccccc1NC(=O)c1cccc(Br)c1. The number of para-hydroxylation sites is 1. The highest BCUT2D eigenvalue weighted by molar-refractivity contribution is 9.10. The van der Waals surface area contributed by atoms with Crippen molar-refractivity contribution in [3.8, 4) is 0 Å². The number of rotatable bonds is 5. The van der Waals surface area contributed by atoms with Crippen molar-refractivity contribution in [2.75, 3.05) is 33.0 Å². The minimum atomic E-state index is -0.342. The van der Waals surface area contributed by atoms with E-state index in [4.69, 9.17) is 0 Å². The van der Waals surface area contributed by atoms with Crippen LogP contribution in [0, 0.1) is 0 Å². The van der Waals surface area contributed by atoms with E-state index in [2.05, 4.69) is 21.2 Å². The van der Waals surface area contributed by atoms with Crippen LogP contribution in [0.4, 0.5) is 5.69 Å². The van der Waals surface area contributed by atoms with E-state index in [9.17, 15) is 14.4 Å². The minimum Gasteiger partial charge on any atom is -0.347 e. The maximum atomic E-state index is 12.7. The second-order valence-electron chi connectivity index (χ2n) is 5.96. The smallest absolute Gasteiger partial charge is 0.256 e. The molecule has 2 aromatic rings. The fraction of sp³-hybridized carbons (Fsp3) is 0.211. The van der Waals surface area contributed by atoms with Crippen molar-refractivity contribution < 1.29 is 14.4 Å². The summed E-state index contributed by atoms with van der Waals surface area (Å²) in [6, 6.07) is 13.7. The van der Waals surface area contributed by atoms with Gasteiger partial charge in [0.2, 0.25) is 5.91 Å². The number of carbonyl (C=O) groups is 3. The van der Waals surface area contributed by atoms with Crippen molar-refractivity contribution >= 4 is 39.3 Å². The Bertz CT molecular complexity index is 836. The molecule has 7 heteroatoms. The summed E-state index contributed by atoms with van der Waals surface area (Å²) < 4.78 is 0.788. The summed E-state index contributed by atoms with van der Waals surface area (Å²) in [6.07, 6.45) is 0. The average molecular weight is 418 g/mol. The first-order valence-electron chi connectivity index (χ1n) is 7.91. The maximum absolute atomic E-state index is 12.7. The number of nitrogens with zero attached hydrogens (tertiary/aromatic N) is 2. The van der Waals surface area contributed by atoms with Gasteiger partial charge in [0.15, 0.2) is 0 Å². The lowest BCUT2D eigenvalue weighted by Gasteiger charge is -2.20. The predicted molar refractivity (Wildman–Crippen MR) is 104 cm³/mol. The third-order valence-corrected chi connectivity index (χ3v) is 4.20. The predicted octanol–water partition coefficient (Wildman–Crippen LogP) is 2.86. The van der Waals surface area contributed by atoms with Crippen molar-refractivity contribution in [2.45, 2.75) is 0 Å². The molecule has 0 saturated heterocycles.